The van der Waals surface area contributed by atoms with Gasteiger partial charge in [0.05, 0.1) is 11.4 Å². The number of amidine groups is 1. The van der Waals surface area contributed by atoms with Crippen molar-refractivity contribution in [1.82, 2.24) is 15.1 Å². The molecule has 3 aliphatic heterocycles. The maximum atomic E-state index is 12.5. The highest BCUT2D eigenvalue weighted by Crippen LogP contribution is 2.35. The Morgan fingerprint density at radius 3 is 2.68 bits per heavy atom. The number of hydrogen-bond acceptors (Lipinski definition) is 6. The molecule has 6 nitrogen and oxygen atoms in total. The van der Waals surface area contributed by atoms with Crippen LogP contribution in [0.5, 0.6) is 11.5 Å². The van der Waals surface area contributed by atoms with Gasteiger partial charge in [-0.2, -0.15) is 0 Å². The first-order valence-electron chi connectivity index (χ1n) is 8.89. The average Bonchev–Trinajstić information content (AvgIpc) is 2.68. The number of ether oxygens (including phenoxy) is 1. The summed E-state index contributed by atoms with van der Waals surface area (Å²) in [7, 11) is 0. The molecule has 0 unspecified atom stereocenters. The molecule has 1 saturated heterocycles. The average molecular weight is 392 g/mol. The quantitative estimate of drug-likeness (QED) is 0.828. The number of nitrogens with one attached hydrogen (secondary N) is 1. The minimum absolute atomic E-state index is 0.439. The van der Waals surface area contributed by atoms with Crippen molar-refractivity contribution in [2.45, 2.75) is 6.36 Å². The Bertz CT molecular complexity index is 884. The van der Waals surface area contributed by atoms with Gasteiger partial charge in [-0.1, -0.05) is 0 Å². The Labute approximate surface area is 159 Å². The van der Waals surface area contributed by atoms with Crippen LogP contribution in [0.3, 0.4) is 0 Å². The first kappa shape index (κ1) is 18.4. The number of aliphatic imine (C=N–C) groups is 1. The van der Waals surface area contributed by atoms with E-state index in [0.717, 1.165) is 37.9 Å². The predicted molar refractivity (Wildman–Crippen MR) is 98.6 cm³/mol. The number of alkyl halides is 3. The molecule has 1 aromatic carbocycles. The van der Waals surface area contributed by atoms with Crippen LogP contribution in [0.15, 0.2) is 53.3 Å². The lowest BCUT2D eigenvalue weighted by Crippen LogP contribution is -2.44. The van der Waals surface area contributed by atoms with Gasteiger partial charge in [0.25, 0.3) is 0 Å². The molecule has 0 radical (unpaired) electrons. The second kappa shape index (κ2) is 7.23. The Hall–Kier alpha value is -2.94. The van der Waals surface area contributed by atoms with Crippen LogP contribution in [-0.2, 0) is 0 Å². The summed E-state index contributed by atoms with van der Waals surface area (Å²) in [5.74, 6) is -0.510. The predicted octanol–water partition coefficient (Wildman–Crippen LogP) is 2.66. The summed E-state index contributed by atoms with van der Waals surface area (Å²) < 4.78 is 41.4. The van der Waals surface area contributed by atoms with Crippen molar-refractivity contribution in [3.05, 3.63) is 53.9 Å². The lowest BCUT2D eigenvalue weighted by molar-refractivity contribution is -0.275. The summed E-state index contributed by atoms with van der Waals surface area (Å²) in [6.45, 7) is 4.31. The number of aromatic hydroxyl groups is 1. The summed E-state index contributed by atoms with van der Waals surface area (Å²) in [4.78, 5) is 8.83. The van der Waals surface area contributed by atoms with E-state index in [1.165, 1.54) is 12.1 Å². The molecule has 1 aromatic rings. The van der Waals surface area contributed by atoms with E-state index in [4.69, 9.17) is 0 Å². The maximum absolute atomic E-state index is 12.5. The molecule has 9 heteroatoms. The Kier molecular flexibility index (Phi) is 4.76. The summed E-state index contributed by atoms with van der Waals surface area (Å²) in [6.07, 6.45) is 2.89. The molecule has 0 aromatic heterocycles. The van der Waals surface area contributed by atoms with Gasteiger partial charge in [-0.15, -0.1) is 13.2 Å². The van der Waals surface area contributed by atoms with Crippen molar-refractivity contribution in [3.63, 3.8) is 0 Å². The zero-order valence-electron chi connectivity index (χ0n) is 14.9. The second-order valence-corrected chi connectivity index (χ2v) is 6.57. The van der Waals surface area contributed by atoms with E-state index in [1.54, 1.807) is 0 Å². The van der Waals surface area contributed by atoms with Crippen LogP contribution in [0.4, 0.5) is 13.2 Å². The highest BCUT2D eigenvalue weighted by atomic mass is 19.4. The molecule has 28 heavy (non-hydrogen) atoms. The molecular formula is C19H19F3N4O2. The number of nitrogens with zero attached hydrogens (tertiary/aromatic N) is 3. The molecule has 3 heterocycles. The zero-order chi connectivity index (χ0) is 19.7. The summed E-state index contributed by atoms with van der Waals surface area (Å²) >= 11 is 0. The van der Waals surface area contributed by atoms with Crippen molar-refractivity contribution in [3.8, 4) is 11.5 Å². The number of allylic oxidation sites excluding steroid dienone is 1. The summed E-state index contributed by atoms with van der Waals surface area (Å²) in [5.41, 5.74) is 2.08. The SMILES string of the molecule is Oc1ccc(C2=CCN3C=C(N4CCNCC4)C=CC3=N2)cc1OC(F)(F)F. The first-order valence-corrected chi connectivity index (χ1v) is 8.89. The smallest absolute Gasteiger partial charge is 0.504 e. The van der Waals surface area contributed by atoms with Crippen molar-refractivity contribution in [1.29, 1.82) is 0 Å². The van der Waals surface area contributed by atoms with E-state index in [1.807, 2.05) is 29.3 Å². The molecule has 3 aliphatic rings. The molecule has 4 rings (SSSR count). The highest BCUT2D eigenvalue weighted by Gasteiger charge is 2.32. The minimum atomic E-state index is -4.88. The zero-order valence-corrected chi connectivity index (χ0v) is 14.9. The van der Waals surface area contributed by atoms with Gasteiger partial charge >= 0.3 is 6.36 Å². The highest BCUT2D eigenvalue weighted by molar-refractivity contribution is 6.00. The molecule has 0 saturated carbocycles. The molecule has 1 fully saturated rings. The Morgan fingerprint density at radius 1 is 1.14 bits per heavy atom. The molecule has 0 amide bonds. The molecule has 148 valence electrons. The first-order chi connectivity index (χ1) is 13.4. The number of phenols is 1. The lowest BCUT2D eigenvalue weighted by atomic mass is 10.1. The molecule has 0 aliphatic carbocycles. The number of rotatable bonds is 3. The van der Waals surface area contributed by atoms with Crippen LogP contribution in [0.25, 0.3) is 5.70 Å². The molecule has 0 atom stereocenters. The third-order valence-electron chi connectivity index (χ3n) is 4.67. The van der Waals surface area contributed by atoms with Gasteiger partial charge in [0.15, 0.2) is 11.5 Å². The van der Waals surface area contributed by atoms with Crippen molar-refractivity contribution >= 4 is 11.5 Å². The number of halogens is 3. The van der Waals surface area contributed by atoms with Crippen molar-refractivity contribution in [2.75, 3.05) is 32.7 Å². The topological polar surface area (TPSA) is 60.3 Å². The van der Waals surface area contributed by atoms with Crippen LogP contribution in [-0.4, -0.2) is 59.8 Å². The van der Waals surface area contributed by atoms with Crippen LogP contribution in [0.1, 0.15) is 5.56 Å². The molecular weight excluding hydrogens is 373 g/mol. The number of benzene rings is 1. The number of piperazine rings is 1. The molecule has 0 spiro atoms. The van der Waals surface area contributed by atoms with E-state index in [0.29, 0.717) is 23.6 Å². The van der Waals surface area contributed by atoms with Gasteiger partial charge in [0.2, 0.25) is 0 Å². The standard InChI is InChI=1S/C19H19F3N4O2/c20-19(21,22)28-17-11-13(1-3-16(17)27)15-5-8-26-12-14(2-4-18(26)24-15)25-9-6-23-7-10-25/h1-5,11-12,23,27H,6-10H2. The van der Waals surface area contributed by atoms with E-state index >= 15 is 0 Å². The van der Waals surface area contributed by atoms with E-state index in [-0.39, 0.29) is 0 Å². The number of hydrogen-bond donors (Lipinski definition) is 2. The van der Waals surface area contributed by atoms with Gasteiger partial charge in [0.1, 0.15) is 5.84 Å². The monoisotopic (exact) mass is 392 g/mol. The van der Waals surface area contributed by atoms with Crippen molar-refractivity contribution < 1.29 is 23.0 Å². The maximum Gasteiger partial charge on any atom is 0.573 e. The number of fused-ring (bicyclic) bond motifs is 1. The normalized spacial score (nSPS) is 19.6. The molecule has 0 bridgehead atoms. The third-order valence-corrected chi connectivity index (χ3v) is 4.67. The van der Waals surface area contributed by atoms with Gasteiger partial charge < -0.3 is 25.0 Å². The van der Waals surface area contributed by atoms with Crippen LogP contribution in [0.2, 0.25) is 0 Å². The third kappa shape index (κ3) is 3.99. The van der Waals surface area contributed by atoms with Gasteiger partial charge in [-0.05, 0) is 36.4 Å². The van der Waals surface area contributed by atoms with Gasteiger partial charge in [0, 0.05) is 44.5 Å². The Balaban J connectivity index is 1.53. The van der Waals surface area contributed by atoms with Crippen molar-refractivity contribution in [2.24, 2.45) is 4.99 Å². The number of phenolic OH excluding ortho intramolecular Hbond substituents is 1. The van der Waals surface area contributed by atoms with E-state index in [2.05, 4.69) is 19.9 Å². The Morgan fingerprint density at radius 2 is 1.93 bits per heavy atom. The largest absolute Gasteiger partial charge is 0.573 e. The summed E-state index contributed by atoms with van der Waals surface area (Å²) in [5, 5.41) is 12.9. The van der Waals surface area contributed by atoms with Crippen LogP contribution < -0.4 is 10.1 Å². The fourth-order valence-electron chi connectivity index (χ4n) is 3.30. The fourth-order valence-corrected chi connectivity index (χ4v) is 3.30. The van der Waals surface area contributed by atoms with Crippen LogP contribution >= 0.6 is 0 Å². The second-order valence-electron chi connectivity index (χ2n) is 6.57. The van der Waals surface area contributed by atoms with E-state index in [9.17, 15) is 18.3 Å². The fraction of sp³-hybridized carbons (Fsp3) is 0.316. The molecule has 2 N–H and O–H groups in total. The summed E-state index contributed by atoms with van der Waals surface area (Å²) in [6, 6.07) is 3.82. The van der Waals surface area contributed by atoms with Gasteiger partial charge in [-0.3, -0.25) is 0 Å². The minimum Gasteiger partial charge on any atom is -0.504 e. The lowest BCUT2D eigenvalue weighted by Gasteiger charge is -2.34. The van der Waals surface area contributed by atoms with E-state index < -0.39 is 17.9 Å². The van der Waals surface area contributed by atoms with Crippen LogP contribution in [0, 0.1) is 0 Å². The van der Waals surface area contributed by atoms with Gasteiger partial charge in [-0.25, -0.2) is 4.99 Å².